The van der Waals surface area contributed by atoms with Crippen LogP contribution >= 0.6 is 0 Å². The summed E-state index contributed by atoms with van der Waals surface area (Å²) in [6.45, 7) is 0. The summed E-state index contributed by atoms with van der Waals surface area (Å²) in [6, 6.07) is -0.129. The van der Waals surface area contributed by atoms with Gasteiger partial charge in [-0.05, 0) is 6.42 Å². The lowest BCUT2D eigenvalue weighted by molar-refractivity contribution is -0.192. The Hall–Kier alpha value is -1.83. The van der Waals surface area contributed by atoms with Gasteiger partial charge in [-0.25, -0.2) is 9.59 Å². The van der Waals surface area contributed by atoms with Crippen molar-refractivity contribution < 1.29 is 33.0 Å². The number of carboxylic acid groups (broad SMARTS) is 2. The lowest BCUT2D eigenvalue weighted by atomic mass is 10.0. The Kier molecular flexibility index (Phi) is 5.39. The minimum Gasteiger partial charge on any atom is -0.478 e. The number of aliphatic carboxylic acids is 2. The standard InChI is InChI=1S/C7H9NO2.C2HF3O2/c8-6-3-1-2-5(4-6)7(9)10;3-2(4,5)1(6)7/h1-2,4,6H,3,8H2,(H,9,10);(H,6,7). The molecule has 1 atom stereocenters. The molecule has 1 unspecified atom stereocenters. The molecule has 0 saturated carbocycles. The Morgan fingerprint density at radius 2 is 1.82 bits per heavy atom. The van der Waals surface area contributed by atoms with Gasteiger partial charge in [-0.3, -0.25) is 0 Å². The van der Waals surface area contributed by atoms with Gasteiger partial charge in [-0.1, -0.05) is 18.2 Å². The zero-order valence-corrected chi connectivity index (χ0v) is 8.44. The SMILES string of the molecule is NC1C=C(C(=O)O)C=CC1.O=C(O)C(F)(F)F. The van der Waals surface area contributed by atoms with Crippen LogP contribution in [-0.2, 0) is 9.59 Å². The fourth-order valence-corrected chi connectivity index (χ4v) is 0.849. The van der Waals surface area contributed by atoms with Crippen LogP contribution in [0.2, 0.25) is 0 Å². The van der Waals surface area contributed by atoms with E-state index < -0.39 is 18.1 Å². The maximum Gasteiger partial charge on any atom is 0.490 e. The molecule has 8 heteroatoms. The Bertz CT molecular complexity index is 360. The fourth-order valence-electron chi connectivity index (χ4n) is 0.849. The van der Waals surface area contributed by atoms with Crippen LogP contribution in [0.3, 0.4) is 0 Å². The average molecular weight is 253 g/mol. The van der Waals surface area contributed by atoms with Crippen LogP contribution in [0.5, 0.6) is 0 Å². The second kappa shape index (κ2) is 6.04. The number of alkyl halides is 3. The second-order valence-corrected chi connectivity index (χ2v) is 3.03. The van der Waals surface area contributed by atoms with Gasteiger partial charge < -0.3 is 15.9 Å². The van der Waals surface area contributed by atoms with Crippen molar-refractivity contribution in [1.29, 1.82) is 0 Å². The van der Waals surface area contributed by atoms with Crippen molar-refractivity contribution in [3.8, 4) is 0 Å². The average Bonchev–Trinajstić information content (AvgIpc) is 2.17. The van der Waals surface area contributed by atoms with Crippen LogP contribution in [0.1, 0.15) is 6.42 Å². The molecule has 0 radical (unpaired) electrons. The number of hydrogen-bond donors (Lipinski definition) is 3. The van der Waals surface area contributed by atoms with E-state index in [0.29, 0.717) is 5.57 Å². The highest BCUT2D eigenvalue weighted by molar-refractivity contribution is 5.90. The van der Waals surface area contributed by atoms with Crippen molar-refractivity contribution >= 4 is 11.9 Å². The fraction of sp³-hybridized carbons (Fsp3) is 0.333. The summed E-state index contributed by atoms with van der Waals surface area (Å²) in [5, 5.41) is 15.6. The molecule has 4 N–H and O–H groups in total. The van der Waals surface area contributed by atoms with Gasteiger partial charge in [0, 0.05) is 6.04 Å². The summed E-state index contributed by atoms with van der Waals surface area (Å²) >= 11 is 0. The number of nitrogens with two attached hydrogens (primary N) is 1. The molecule has 1 aliphatic rings. The highest BCUT2D eigenvalue weighted by atomic mass is 19.4. The zero-order valence-electron chi connectivity index (χ0n) is 8.44. The van der Waals surface area contributed by atoms with E-state index in [1.807, 2.05) is 0 Å². The van der Waals surface area contributed by atoms with E-state index in [9.17, 15) is 18.0 Å². The Morgan fingerprint density at radius 1 is 1.35 bits per heavy atom. The number of carboxylic acids is 2. The molecule has 5 nitrogen and oxygen atoms in total. The zero-order chi connectivity index (χ0) is 13.6. The first kappa shape index (κ1) is 15.2. The van der Waals surface area contributed by atoms with E-state index in [0.717, 1.165) is 6.42 Å². The van der Waals surface area contributed by atoms with E-state index in [-0.39, 0.29) is 6.04 Å². The molecule has 0 aliphatic heterocycles. The number of halogens is 3. The van der Waals surface area contributed by atoms with Crippen molar-refractivity contribution in [1.82, 2.24) is 0 Å². The molecule has 1 aliphatic carbocycles. The van der Waals surface area contributed by atoms with Crippen molar-refractivity contribution in [2.75, 3.05) is 0 Å². The summed E-state index contributed by atoms with van der Waals surface area (Å²) in [6.07, 6.45) is 0.554. The molecule has 17 heavy (non-hydrogen) atoms. The Balaban J connectivity index is 0.000000325. The molecular formula is C9H10F3NO4. The van der Waals surface area contributed by atoms with Crippen LogP contribution in [0.15, 0.2) is 23.8 Å². The first-order valence-electron chi connectivity index (χ1n) is 4.32. The summed E-state index contributed by atoms with van der Waals surface area (Å²) in [4.78, 5) is 19.2. The predicted molar refractivity (Wildman–Crippen MR) is 51.1 cm³/mol. The quantitative estimate of drug-likeness (QED) is 0.645. The summed E-state index contributed by atoms with van der Waals surface area (Å²) in [5.74, 6) is -3.67. The first-order valence-corrected chi connectivity index (χ1v) is 4.32. The van der Waals surface area contributed by atoms with Crippen LogP contribution < -0.4 is 5.73 Å². The Morgan fingerprint density at radius 3 is 2.06 bits per heavy atom. The molecular weight excluding hydrogens is 243 g/mol. The van der Waals surface area contributed by atoms with E-state index in [1.165, 1.54) is 0 Å². The highest BCUT2D eigenvalue weighted by Gasteiger charge is 2.38. The predicted octanol–water partition coefficient (Wildman–Crippen LogP) is 0.918. The minimum atomic E-state index is -5.08. The minimum absolute atomic E-state index is 0.129. The topological polar surface area (TPSA) is 101 Å². The molecule has 0 heterocycles. The van der Waals surface area contributed by atoms with Gasteiger partial charge in [-0.2, -0.15) is 13.2 Å². The molecule has 0 aromatic carbocycles. The van der Waals surface area contributed by atoms with E-state index in [2.05, 4.69) is 0 Å². The molecule has 96 valence electrons. The summed E-state index contributed by atoms with van der Waals surface area (Å²) in [5.41, 5.74) is 5.76. The second-order valence-electron chi connectivity index (χ2n) is 3.03. The lowest BCUT2D eigenvalue weighted by Crippen LogP contribution is -2.21. The van der Waals surface area contributed by atoms with Gasteiger partial charge in [-0.15, -0.1) is 0 Å². The summed E-state index contributed by atoms with van der Waals surface area (Å²) < 4.78 is 31.7. The Labute approximate surface area is 94.0 Å². The maximum absolute atomic E-state index is 10.6. The number of hydrogen-bond acceptors (Lipinski definition) is 3. The third-order valence-corrected chi connectivity index (χ3v) is 1.59. The molecule has 0 saturated heterocycles. The smallest absolute Gasteiger partial charge is 0.478 e. The van der Waals surface area contributed by atoms with Gasteiger partial charge in [0.1, 0.15) is 0 Å². The molecule has 0 spiro atoms. The third kappa shape index (κ3) is 6.36. The van der Waals surface area contributed by atoms with Gasteiger partial charge in [0.25, 0.3) is 0 Å². The van der Waals surface area contributed by atoms with Crippen LogP contribution in [-0.4, -0.2) is 34.4 Å². The molecule has 0 bridgehead atoms. The van der Waals surface area contributed by atoms with Crippen molar-refractivity contribution in [3.05, 3.63) is 23.8 Å². The van der Waals surface area contributed by atoms with Crippen molar-refractivity contribution in [3.63, 3.8) is 0 Å². The molecule has 0 fully saturated rings. The van der Waals surface area contributed by atoms with Crippen molar-refractivity contribution in [2.45, 2.75) is 18.6 Å². The normalized spacial score (nSPS) is 18.8. The van der Waals surface area contributed by atoms with Crippen molar-refractivity contribution in [2.24, 2.45) is 5.73 Å². The van der Waals surface area contributed by atoms with E-state index in [4.69, 9.17) is 20.7 Å². The van der Waals surface area contributed by atoms with Crippen LogP contribution in [0.4, 0.5) is 13.2 Å². The van der Waals surface area contributed by atoms with Gasteiger partial charge in [0.05, 0.1) is 5.57 Å². The van der Waals surface area contributed by atoms with Crippen LogP contribution in [0, 0.1) is 0 Å². The molecule has 0 aromatic rings. The summed E-state index contributed by atoms with van der Waals surface area (Å²) in [7, 11) is 0. The van der Waals surface area contributed by atoms with E-state index >= 15 is 0 Å². The molecule has 1 rings (SSSR count). The number of carbonyl (C=O) groups is 2. The first-order chi connectivity index (χ1) is 7.64. The third-order valence-electron chi connectivity index (χ3n) is 1.59. The maximum atomic E-state index is 10.6. The van der Waals surface area contributed by atoms with Gasteiger partial charge in [0.15, 0.2) is 0 Å². The molecule has 0 amide bonds. The number of rotatable bonds is 1. The van der Waals surface area contributed by atoms with Gasteiger partial charge in [0.2, 0.25) is 0 Å². The molecule has 0 aromatic heterocycles. The monoisotopic (exact) mass is 253 g/mol. The van der Waals surface area contributed by atoms with Crippen LogP contribution in [0.25, 0.3) is 0 Å². The van der Waals surface area contributed by atoms with Gasteiger partial charge >= 0.3 is 18.1 Å². The lowest BCUT2D eigenvalue weighted by Gasteiger charge is -2.08. The highest BCUT2D eigenvalue weighted by Crippen LogP contribution is 2.13. The van der Waals surface area contributed by atoms with E-state index in [1.54, 1.807) is 18.2 Å². The largest absolute Gasteiger partial charge is 0.490 e.